The molecule has 1 saturated carbocycles. The first-order valence-electron chi connectivity index (χ1n) is 10.9. The summed E-state index contributed by atoms with van der Waals surface area (Å²) in [4.78, 5) is 9.30. The molecule has 0 unspecified atom stereocenters. The predicted molar refractivity (Wildman–Crippen MR) is 128 cm³/mol. The lowest BCUT2D eigenvalue weighted by Gasteiger charge is -2.25. The van der Waals surface area contributed by atoms with Crippen LogP contribution in [0.25, 0.3) is 11.3 Å². The Morgan fingerprint density at radius 1 is 1.00 bits per heavy atom. The molecule has 0 aromatic carbocycles. The summed E-state index contributed by atoms with van der Waals surface area (Å²) >= 11 is 13.0. The van der Waals surface area contributed by atoms with E-state index in [1.165, 1.54) is 0 Å². The quantitative estimate of drug-likeness (QED) is 0.545. The third-order valence-corrected chi connectivity index (χ3v) is 6.85. The van der Waals surface area contributed by atoms with Gasteiger partial charge in [-0.05, 0) is 75.0 Å². The summed E-state index contributed by atoms with van der Waals surface area (Å²) < 4.78 is 5.43. The standard InChI is InChI=1S/C23H29Cl2N3O2.CH4/c24-20-5-6-22(27-13-16-7-9-30-10-8-16)28-23(20)19-12-17(26-14-21(19)25)11-15-1-3-18(29)4-2-15;/h5-6,12,14-16,18,29H,1-4,7-11,13H2,(H,27,28);1H4. The fourth-order valence-electron chi connectivity index (χ4n) is 4.35. The molecule has 2 aliphatic rings. The van der Waals surface area contributed by atoms with Crippen LogP contribution < -0.4 is 5.32 Å². The number of ether oxygens (including phenoxy) is 1. The van der Waals surface area contributed by atoms with Crippen LogP contribution in [-0.2, 0) is 11.2 Å². The first-order chi connectivity index (χ1) is 14.6. The lowest BCUT2D eigenvalue weighted by molar-refractivity contribution is 0.0699. The molecule has 2 aromatic rings. The zero-order valence-electron chi connectivity index (χ0n) is 17.1. The molecule has 2 aromatic heterocycles. The van der Waals surface area contributed by atoms with Crippen LogP contribution in [0, 0.1) is 11.8 Å². The number of anilines is 1. The lowest BCUT2D eigenvalue weighted by Crippen LogP contribution is -2.22. The number of hydrogen-bond donors (Lipinski definition) is 2. The van der Waals surface area contributed by atoms with Crippen molar-refractivity contribution in [1.82, 2.24) is 9.97 Å². The summed E-state index contributed by atoms with van der Waals surface area (Å²) in [6.07, 6.45) is 8.40. The molecule has 0 spiro atoms. The molecule has 4 rings (SSSR count). The SMILES string of the molecule is C.OC1CCC(Cc2cc(-c3nc(NCC4CCOCC4)ccc3Cl)c(Cl)cn2)CC1. The Balaban J connectivity index is 0.00000272. The molecule has 1 aliphatic heterocycles. The van der Waals surface area contributed by atoms with E-state index in [-0.39, 0.29) is 13.5 Å². The Labute approximate surface area is 195 Å². The van der Waals surface area contributed by atoms with Crippen LogP contribution in [0.2, 0.25) is 10.0 Å². The summed E-state index contributed by atoms with van der Waals surface area (Å²) in [6.45, 7) is 2.54. The zero-order valence-corrected chi connectivity index (χ0v) is 18.6. The van der Waals surface area contributed by atoms with Crippen LogP contribution in [0.1, 0.15) is 51.6 Å². The summed E-state index contributed by atoms with van der Waals surface area (Å²) in [7, 11) is 0. The number of hydrogen-bond acceptors (Lipinski definition) is 5. The lowest BCUT2D eigenvalue weighted by atomic mass is 9.84. The van der Waals surface area contributed by atoms with E-state index in [2.05, 4.69) is 10.3 Å². The van der Waals surface area contributed by atoms with Gasteiger partial charge in [0.15, 0.2) is 0 Å². The van der Waals surface area contributed by atoms with Crippen molar-refractivity contribution in [2.75, 3.05) is 25.1 Å². The van der Waals surface area contributed by atoms with Gasteiger partial charge >= 0.3 is 0 Å². The van der Waals surface area contributed by atoms with Gasteiger partial charge in [0.05, 0.1) is 21.8 Å². The molecule has 3 heterocycles. The first kappa shape index (κ1) is 24.2. The maximum atomic E-state index is 9.74. The van der Waals surface area contributed by atoms with Crippen LogP contribution in [0.5, 0.6) is 0 Å². The van der Waals surface area contributed by atoms with Gasteiger partial charge in [0.2, 0.25) is 0 Å². The van der Waals surface area contributed by atoms with Crippen LogP contribution in [-0.4, -0.2) is 40.9 Å². The van der Waals surface area contributed by atoms with Gasteiger partial charge in [0.25, 0.3) is 0 Å². The molecular formula is C24H33Cl2N3O2. The number of nitrogens with one attached hydrogen (secondary N) is 1. The maximum absolute atomic E-state index is 9.74. The molecule has 0 radical (unpaired) electrons. The van der Waals surface area contributed by atoms with Crippen molar-refractivity contribution in [2.24, 2.45) is 11.8 Å². The van der Waals surface area contributed by atoms with Crippen molar-refractivity contribution in [3.05, 3.63) is 40.1 Å². The number of aliphatic hydroxyl groups excluding tert-OH is 1. The second-order valence-corrected chi connectivity index (χ2v) is 9.31. The van der Waals surface area contributed by atoms with Gasteiger partial charge in [-0.1, -0.05) is 30.6 Å². The van der Waals surface area contributed by atoms with Crippen molar-refractivity contribution >= 4 is 29.0 Å². The Bertz CT molecular complexity index is 851. The smallest absolute Gasteiger partial charge is 0.126 e. The molecule has 2 N–H and O–H groups in total. The van der Waals surface area contributed by atoms with E-state index >= 15 is 0 Å². The third kappa shape index (κ3) is 6.55. The average Bonchev–Trinajstić information content (AvgIpc) is 2.77. The topological polar surface area (TPSA) is 67.3 Å². The number of aliphatic hydroxyl groups is 1. The van der Waals surface area contributed by atoms with Crippen molar-refractivity contribution in [3.8, 4) is 11.3 Å². The zero-order chi connectivity index (χ0) is 20.9. The van der Waals surface area contributed by atoms with Crippen molar-refractivity contribution in [1.29, 1.82) is 0 Å². The predicted octanol–water partition coefficient (Wildman–Crippen LogP) is 6.02. The van der Waals surface area contributed by atoms with Crippen molar-refractivity contribution in [3.63, 3.8) is 0 Å². The normalized spacial score (nSPS) is 22.0. The summed E-state index contributed by atoms with van der Waals surface area (Å²) in [5, 5.41) is 14.3. The van der Waals surface area contributed by atoms with Crippen LogP contribution in [0.4, 0.5) is 5.82 Å². The fraction of sp³-hybridized carbons (Fsp3) is 0.583. The molecule has 1 aliphatic carbocycles. The average molecular weight is 466 g/mol. The highest BCUT2D eigenvalue weighted by molar-refractivity contribution is 6.36. The number of pyridine rings is 2. The van der Waals surface area contributed by atoms with Crippen LogP contribution >= 0.6 is 23.2 Å². The van der Waals surface area contributed by atoms with Gasteiger partial charge in [-0.25, -0.2) is 4.98 Å². The second-order valence-electron chi connectivity index (χ2n) is 8.50. The Morgan fingerprint density at radius 3 is 2.48 bits per heavy atom. The van der Waals surface area contributed by atoms with Gasteiger partial charge in [-0.2, -0.15) is 0 Å². The summed E-state index contributed by atoms with van der Waals surface area (Å²) in [5.41, 5.74) is 2.49. The number of rotatable bonds is 6. The maximum Gasteiger partial charge on any atom is 0.126 e. The minimum absolute atomic E-state index is 0. The van der Waals surface area contributed by atoms with E-state index in [4.69, 9.17) is 32.9 Å². The van der Waals surface area contributed by atoms with E-state index in [1.54, 1.807) is 6.20 Å². The van der Waals surface area contributed by atoms with Crippen molar-refractivity contribution < 1.29 is 9.84 Å². The van der Waals surface area contributed by atoms with Gasteiger partial charge in [-0.3, -0.25) is 4.98 Å². The molecule has 0 atom stereocenters. The van der Waals surface area contributed by atoms with E-state index in [0.717, 1.165) is 81.8 Å². The van der Waals surface area contributed by atoms with Crippen LogP contribution in [0.15, 0.2) is 24.4 Å². The second kappa shape index (κ2) is 11.5. The first-order valence-corrected chi connectivity index (χ1v) is 11.6. The monoisotopic (exact) mass is 465 g/mol. The van der Waals surface area contributed by atoms with Gasteiger partial charge in [0, 0.05) is 37.2 Å². The highest BCUT2D eigenvalue weighted by Crippen LogP contribution is 2.34. The van der Waals surface area contributed by atoms with E-state index in [1.807, 2.05) is 18.2 Å². The summed E-state index contributed by atoms with van der Waals surface area (Å²) in [5.74, 6) is 1.95. The molecule has 170 valence electrons. The van der Waals surface area contributed by atoms with E-state index < -0.39 is 0 Å². The number of halogens is 2. The largest absolute Gasteiger partial charge is 0.393 e. The number of nitrogens with zero attached hydrogens (tertiary/aromatic N) is 2. The van der Waals surface area contributed by atoms with E-state index in [9.17, 15) is 5.11 Å². The molecule has 0 bridgehead atoms. The van der Waals surface area contributed by atoms with Gasteiger partial charge < -0.3 is 15.2 Å². The highest BCUT2D eigenvalue weighted by atomic mass is 35.5. The van der Waals surface area contributed by atoms with Crippen LogP contribution in [0.3, 0.4) is 0 Å². The minimum Gasteiger partial charge on any atom is -0.393 e. The molecule has 7 heteroatoms. The van der Waals surface area contributed by atoms with Gasteiger partial charge in [-0.15, -0.1) is 0 Å². The third-order valence-electron chi connectivity index (χ3n) is 6.24. The molecule has 5 nitrogen and oxygen atoms in total. The molecule has 31 heavy (non-hydrogen) atoms. The number of aromatic nitrogens is 2. The Kier molecular flexibility index (Phi) is 8.96. The van der Waals surface area contributed by atoms with Crippen molar-refractivity contribution in [2.45, 2.75) is 58.5 Å². The van der Waals surface area contributed by atoms with E-state index in [0.29, 0.717) is 27.6 Å². The Morgan fingerprint density at radius 2 is 1.74 bits per heavy atom. The molecule has 1 saturated heterocycles. The fourth-order valence-corrected chi connectivity index (χ4v) is 4.75. The minimum atomic E-state index is -0.144. The van der Waals surface area contributed by atoms with Gasteiger partial charge in [0.1, 0.15) is 5.82 Å². The summed E-state index contributed by atoms with van der Waals surface area (Å²) in [6, 6.07) is 5.80. The molecule has 0 amide bonds. The molecular weight excluding hydrogens is 433 g/mol. The Hall–Kier alpha value is -1.40. The highest BCUT2D eigenvalue weighted by Gasteiger charge is 2.21. The molecule has 2 fully saturated rings.